The lowest BCUT2D eigenvalue weighted by molar-refractivity contribution is -0.119. The van der Waals surface area contributed by atoms with Gasteiger partial charge in [0.1, 0.15) is 0 Å². The van der Waals surface area contributed by atoms with Crippen molar-refractivity contribution in [2.45, 2.75) is 13.8 Å². The van der Waals surface area contributed by atoms with Gasteiger partial charge in [-0.05, 0) is 30.3 Å². The standard InChI is InChI=1S/C19H19N3O5/c1-12(23)20-16-8-14(9-17(10-16)21-13(2)24)19(26)27-11-18(25)22-15-6-4-3-5-7-15/h3-10H,11H2,1-2H3,(H,20,23)(H,21,24)(H,22,25). The maximum atomic E-state index is 12.2. The van der Waals surface area contributed by atoms with Crippen molar-refractivity contribution in [1.29, 1.82) is 0 Å². The number of anilines is 3. The van der Waals surface area contributed by atoms with Gasteiger partial charge in [-0.3, -0.25) is 14.4 Å². The van der Waals surface area contributed by atoms with Gasteiger partial charge in [0, 0.05) is 30.9 Å². The molecule has 0 heterocycles. The molecule has 0 aromatic heterocycles. The Morgan fingerprint density at radius 3 is 1.85 bits per heavy atom. The molecule has 0 aliphatic heterocycles. The highest BCUT2D eigenvalue weighted by molar-refractivity contribution is 5.99. The van der Waals surface area contributed by atoms with Gasteiger partial charge in [-0.1, -0.05) is 18.2 Å². The highest BCUT2D eigenvalue weighted by Crippen LogP contribution is 2.20. The summed E-state index contributed by atoms with van der Waals surface area (Å²) < 4.78 is 5.01. The molecule has 2 rings (SSSR count). The van der Waals surface area contributed by atoms with Crippen LogP contribution in [0.2, 0.25) is 0 Å². The number of hydrogen-bond acceptors (Lipinski definition) is 5. The largest absolute Gasteiger partial charge is 0.452 e. The van der Waals surface area contributed by atoms with Gasteiger partial charge < -0.3 is 20.7 Å². The predicted molar refractivity (Wildman–Crippen MR) is 100 cm³/mol. The lowest BCUT2D eigenvalue weighted by Crippen LogP contribution is -2.21. The first kappa shape index (κ1) is 19.6. The van der Waals surface area contributed by atoms with Crippen molar-refractivity contribution in [3.63, 3.8) is 0 Å². The van der Waals surface area contributed by atoms with E-state index in [2.05, 4.69) is 16.0 Å². The minimum atomic E-state index is -0.767. The van der Waals surface area contributed by atoms with Crippen LogP contribution in [-0.4, -0.2) is 30.3 Å². The van der Waals surface area contributed by atoms with Gasteiger partial charge in [0.2, 0.25) is 11.8 Å². The summed E-state index contributed by atoms with van der Waals surface area (Å²) in [6, 6.07) is 13.0. The Hall–Kier alpha value is -3.68. The Morgan fingerprint density at radius 1 is 0.778 bits per heavy atom. The summed E-state index contributed by atoms with van der Waals surface area (Å²) in [6.07, 6.45) is 0. The maximum Gasteiger partial charge on any atom is 0.338 e. The number of benzene rings is 2. The molecule has 140 valence electrons. The molecule has 0 atom stereocenters. The second-order valence-electron chi connectivity index (χ2n) is 5.65. The maximum absolute atomic E-state index is 12.2. The van der Waals surface area contributed by atoms with E-state index in [1.165, 1.54) is 32.0 Å². The molecule has 3 amide bonds. The summed E-state index contributed by atoms with van der Waals surface area (Å²) in [5.41, 5.74) is 1.29. The van der Waals surface area contributed by atoms with Gasteiger partial charge in [-0.2, -0.15) is 0 Å². The number of para-hydroxylation sites is 1. The molecule has 8 nitrogen and oxygen atoms in total. The van der Waals surface area contributed by atoms with Crippen LogP contribution in [0.25, 0.3) is 0 Å². The number of rotatable bonds is 6. The lowest BCUT2D eigenvalue weighted by Gasteiger charge is -2.11. The quantitative estimate of drug-likeness (QED) is 0.677. The molecule has 8 heteroatoms. The van der Waals surface area contributed by atoms with Crippen LogP contribution in [0.5, 0.6) is 0 Å². The number of ether oxygens (including phenoxy) is 1. The van der Waals surface area contributed by atoms with Crippen LogP contribution < -0.4 is 16.0 Å². The molecule has 0 bridgehead atoms. The minimum absolute atomic E-state index is 0.0810. The van der Waals surface area contributed by atoms with Crippen molar-refractivity contribution in [2.24, 2.45) is 0 Å². The minimum Gasteiger partial charge on any atom is -0.452 e. The average molecular weight is 369 g/mol. The van der Waals surface area contributed by atoms with E-state index in [0.717, 1.165) is 0 Å². The van der Waals surface area contributed by atoms with Crippen LogP contribution in [0.1, 0.15) is 24.2 Å². The summed E-state index contributed by atoms with van der Waals surface area (Å²) in [5.74, 6) is -1.93. The van der Waals surface area contributed by atoms with Crippen LogP contribution in [-0.2, 0) is 19.1 Å². The van der Waals surface area contributed by atoms with Gasteiger partial charge in [-0.25, -0.2) is 4.79 Å². The normalized spacial score (nSPS) is 9.85. The molecular weight excluding hydrogens is 350 g/mol. The van der Waals surface area contributed by atoms with E-state index in [0.29, 0.717) is 17.1 Å². The number of carbonyl (C=O) groups is 4. The smallest absolute Gasteiger partial charge is 0.338 e. The molecule has 0 fully saturated rings. The molecule has 3 N–H and O–H groups in total. The van der Waals surface area contributed by atoms with Crippen molar-refractivity contribution in [3.8, 4) is 0 Å². The highest BCUT2D eigenvalue weighted by Gasteiger charge is 2.14. The first-order valence-electron chi connectivity index (χ1n) is 8.06. The third kappa shape index (κ3) is 6.62. The molecule has 0 unspecified atom stereocenters. The zero-order valence-electron chi connectivity index (χ0n) is 14.9. The Balaban J connectivity index is 2.06. The number of hydrogen-bond donors (Lipinski definition) is 3. The second kappa shape index (κ2) is 9.14. The number of nitrogens with one attached hydrogen (secondary N) is 3. The number of amides is 3. The molecule has 2 aromatic carbocycles. The zero-order valence-corrected chi connectivity index (χ0v) is 14.9. The van der Waals surface area contributed by atoms with Crippen LogP contribution in [0.15, 0.2) is 48.5 Å². The van der Waals surface area contributed by atoms with Crippen molar-refractivity contribution in [2.75, 3.05) is 22.6 Å². The molecule has 0 radical (unpaired) electrons. The van der Waals surface area contributed by atoms with E-state index < -0.39 is 18.5 Å². The van der Waals surface area contributed by atoms with Gasteiger partial charge in [0.05, 0.1) is 5.56 Å². The summed E-state index contributed by atoms with van der Waals surface area (Å²) in [7, 11) is 0. The Labute approximate surface area is 155 Å². The average Bonchev–Trinajstić information content (AvgIpc) is 2.59. The molecule has 0 aliphatic carbocycles. The monoisotopic (exact) mass is 369 g/mol. The molecule has 27 heavy (non-hydrogen) atoms. The van der Waals surface area contributed by atoms with Crippen molar-refractivity contribution in [3.05, 3.63) is 54.1 Å². The van der Waals surface area contributed by atoms with Gasteiger partial charge in [0.15, 0.2) is 6.61 Å². The lowest BCUT2D eigenvalue weighted by atomic mass is 10.1. The fourth-order valence-electron chi connectivity index (χ4n) is 2.23. The van der Waals surface area contributed by atoms with Crippen LogP contribution >= 0.6 is 0 Å². The summed E-state index contributed by atoms with van der Waals surface area (Å²) in [6.45, 7) is 2.15. The second-order valence-corrected chi connectivity index (χ2v) is 5.65. The van der Waals surface area contributed by atoms with Gasteiger partial charge in [0.25, 0.3) is 5.91 Å². The predicted octanol–water partition coefficient (Wildman–Crippen LogP) is 2.40. The van der Waals surface area contributed by atoms with E-state index in [9.17, 15) is 19.2 Å². The van der Waals surface area contributed by atoms with E-state index >= 15 is 0 Å². The van der Waals surface area contributed by atoms with Crippen molar-refractivity contribution >= 4 is 40.8 Å². The summed E-state index contributed by atoms with van der Waals surface area (Å²) >= 11 is 0. The zero-order chi connectivity index (χ0) is 19.8. The van der Waals surface area contributed by atoms with E-state index in [1.807, 2.05) is 6.07 Å². The Kier molecular flexibility index (Phi) is 6.65. The molecule has 0 aliphatic rings. The molecular formula is C19H19N3O5. The SMILES string of the molecule is CC(=O)Nc1cc(NC(C)=O)cc(C(=O)OCC(=O)Nc2ccccc2)c1. The third-order valence-electron chi connectivity index (χ3n) is 3.20. The van der Waals surface area contributed by atoms with Crippen molar-refractivity contribution < 1.29 is 23.9 Å². The summed E-state index contributed by atoms with van der Waals surface area (Å²) in [5, 5.41) is 7.66. The number of esters is 1. The Bertz CT molecular complexity index is 831. The first-order chi connectivity index (χ1) is 12.8. The molecule has 2 aromatic rings. The fraction of sp³-hybridized carbons (Fsp3) is 0.158. The first-order valence-corrected chi connectivity index (χ1v) is 8.06. The van der Waals surface area contributed by atoms with E-state index in [4.69, 9.17) is 4.74 Å². The van der Waals surface area contributed by atoms with Crippen molar-refractivity contribution in [1.82, 2.24) is 0 Å². The van der Waals surface area contributed by atoms with Crippen LogP contribution in [0.3, 0.4) is 0 Å². The highest BCUT2D eigenvalue weighted by atomic mass is 16.5. The van der Waals surface area contributed by atoms with Gasteiger partial charge >= 0.3 is 5.97 Å². The molecule has 0 saturated carbocycles. The molecule has 0 saturated heterocycles. The fourth-order valence-corrected chi connectivity index (χ4v) is 2.23. The van der Waals surface area contributed by atoms with Gasteiger partial charge in [-0.15, -0.1) is 0 Å². The van der Waals surface area contributed by atoms with Crippen LogP contribution in [0, 0.1) is 0 Å². The van der Waals surface area contributed by atoms with E-state index in [-0.39, 0.29) is 17.4 Å². The third-order valence-corrected chi connectivity index (χ3v) is 3.20. The topological polar surface area (TPSA) is 114 Å². The number of carbonyl (C=O) groups excluding carboxylic acids is 4. The van der Waals surface area contributed by atoms with E-state index in [1.54, 1.807) is 24.3 Å². The molecule has 0 spiro atoms. The van der Waals surface area contributed by atoms with Crippen LogP contribution in [0.4, 0.5) is 17.1 Å². The summed E-state index contributed by atoms with van der Waals surface area (Å²) in [4.78, 5) is 46.6. The Morgan fingerprint density at radius 2 is 1.33 bits per heavy atom.